The van der Waals surface area contributed by atoms with Crippen molar-refractivity contribution >= 4 is 5.96 Å². The average molecular weight is 369 g/mol. The monoisotopic (exact) mass is 368 g/mol. The fraction of sp³-hybridized carbons (Fsp3) is 0.545. The normalized spacial score (nSPS) is 16.3. The number of guanidine groups is 1. The summed E-state index contributed by atoms with van der Waals surface area (Å²) in [7, 11) is 0. The van der Waals surface area contributed by atoms with Crippen LogP contribution in [0.25, 0.3) is 0 Å². The van der Waals surface area contributed by atoms with E-state index in [1.165, 1.54) is 24.0 Å². The Morgan fingerprint density at radius 2 is 1.96 bits per heavy atom. The smallest absolute Gasteiger partial charge is 0.216 e. The van der Waals surface area contributed by atoms with Gasteiger partial charge in [-0.1, -0.05) is 45.0 Å². The van der Waals surface area contributed by atoms with Gasteiger partial charge in [-0.15, -0.1) is 0 Å². The van der Waals surface area contributed by atoms with Crippen LogP contribution in [0.5, 0.6) is 0 Å². The topological polar surface area (TPSA) is 62.5 Å². The highest BCUT2D eigenvalue weighted by Crippen LogP contribution is 2.48. The highest BCUT2D eigenvalue weighted by Gasteiger charge is 2.44. The first-order valence-electron chi connectivity index (χ1n) is 9.87. The molecular weight excluding hydrogens is 336 g/mol. The number of aliphatic imine (C=N–C) groups is 1. The number of nitrogens with one attached hydrogen (secondary N) is 2. The van der Waals surface area contributed by atoms with E-state index in [0.717, 1.165) is 24.8 Å². The van der Waals surface area contributed by atoms with Crippen LogP contribution in [0.15, 0.2) is 39.9 Å². The summed E-state index contributed by atoms with van der Waals surface area (Å²) in [6.07, 6.45) is 4.25. The summed E-state index contributed by atoms with van der Waals surface area (Å²) in [6, 6.07) is 8.70. The zero-order chi connectivity index (χ0) is 19.5. The number of hydrogen-bond acceptors (Lipinski definition) is 3. The molecule has 5 heteroatoms. The Morgan fingerprint density at radius 3 is 2.56 bits per heavy atom. The van der Waals surface area contributed by atoms with Crippen LogP contribution in [0, 0.1) is 6.92 Å². The van der Waals surface area contributed by atoms with Gasteiger partial charge in [-0.2, -0.15) is 0 Å². The Kier molecular flexibility index (Phi) is 5.59. The van der Waals surface area contributed by atoms with Gasteiger partial charge in [0.15, 0.2) is 5.96 Å². The molecule has 0 atom stereocenters. The second kappa shape index (κ2) is 7.75. The summed E-state index contributed by atoms with van der Waals surface area (Å²) < 4.78 is 5.85. The fourth-order valence-electron chi connectivity index (χ4n) is 3.33. The summed E-state index contributed by atoms with van der Waals surface area (Å²) in [4.78, 5) is 9.03. The van der Waals surface area contributed by atoms with E-state index in [0.29, 0.717) is 12.4 Å². The molecule has 5 nitrogen and oxygen atoms in total. The highest BCUT2D eigenvalue weighted by molar-refractivity contribution is 5.79. The Bertz CT molecular complexity index is 797. The summed E-state index contributed by atoms with van der Waals surface area (Å²) in [5, 5.41) is 6.85. The van der Waals surface area contributed by atoms with Gasteiger partial charge < -0.3 is 15.1 Å². The van der Waals surface area contributed by atoms with Crippen LogP contribution < -0.4 is 10.6 Å². The standard InChI is InChI=1S/C22H32N4O/c1-6-23-20(25-14-19-24-13-18(27-19)21(3,4)5)26-15-22(11-12-22)17-10-8-7-9-16(17)2/h7-10,13H,6,11-12,14-15H2,1-5H3,(H2,23,25,26). The van der Waals surface area contributed by atoms with E-state index in [-0.39, 0.29) is 10.8 Å². The van der Waals surface area contributed by atoms with Gasteiger partial charge in [-0.25, -0.2) is 9.98 Å². The quantitative estimate of drug-likeness (QED) is 0.596. The molecule has 1 fully saturated rings. The zero-order valence-electron chi connectivity index (χ0n) is 17.2. The summed E-state index contributed by atoms with van der Waals surface area (Å²) in [5.41, 5.74) is 3.03. The molecule has 3 rings (SSSR count). The van der Waals surface area contributed by atoms with Crippen molar-refractivity contribution < 1.29 is 4.42 Å². The maximum atomic E-state index is 5.85. The van der Waals surface area contributed by atoms with Crippen molar-refractivity contribution in [2.24, 2.45) is 4.99 Å². The van der Waals surface area contributed by atoms with Crippen LogP contribution in [-0.2, 0) is 17.4 Å². The lowest BCUT2D eigenvalue weighted by Gasteiger charge is -2.20. The SMILES string of the molecule is CCNC(=NCc1ncc(C(C)(C)C)o1)NCC1(c2ccccc2C)CC1. The molecule has 1 saturated carbocycles. The highest BCUT2D eigenvalue weighted by atomic mass is 16.4. The van der Waals surface area contributed by atoms with Gasteiger partial charge in [0, 0.05) is 23.9 Å². The molecular formula is C22H32N4O. The molecule has 0 radical (unpaired) electrons. The van der Waals surface area contributed by atoms with E-state index in [1.807, 2.05) is 6.20 Å². The predicted octanol–water partition coefficient (Wildman–Crippen LogP) is 4.07. The number of hydrogen-bond donors (Lipinski definition) is 2. The molecule has 27 heavy (non-hydrogen) atoms. The van der Waals surface area contributed by atoms with Crippen molar-refractivity contribution in [1.29, 1.82) is 0 Å². The molecule has 1 aliphatic carbocycles. The first-order chi connectivity index (χ1) is 12.8. The minimum atomic E-state index is -0.0381. The van der Waals surface area contributed by atoms with Gasteiger partial charge in [-0.3, -0.25) is 0 Å². The molecule has 2 aromatic rings. The summed E-state index contributed by atoms with van der Waals surface area (Å²) in [5.74, 6) is 2.35. The Hall–Kier alpha value is -2.30. The molecule has 1 aliphatic rings. The minimum absolute atomic E-state index is 0.0381. The fourth-order valence-corrected chi connectivity index (χ4v) is 3.33. The second-order valence-electron chi connectivity index (χ2n) is 8.51. The number of aromatic nitrogens is 1. The lowest BCUT2D eigenvalue weighted by molar-refractivity contribution is 0.383. The van der Waals surface area contributed by atoms with Crippen LogP contribution in [0.4, 0.5) is 0 Å². The summed E-state index contributed by atoms with van der Waals surface area (Å²) >= 11 is 0. The maximum Gasteiger partial charge on any atom is 0.216 e. The zero-order valence-corrected chi connectivity index (χ0v) is 17.2. The van der Waals surface area contributed by atoms with Crippen molar-refractivity contribution in [3.63, 3.8) is 0 Å². The van der Waals surface area contributed by atoms with Gasteiger partial charge in [-0.05, 0) is 37.8 Å². The van der Waals surface area contributed by atoms with E-state index in [1.54, 1.807) is 0 Å². The number of benzene rings is 1. The molecule has 1 heterocycles. The Labute approximate surface area is 162 Å². The van der Waals surface area contributed by atoms with Gasteiger partial charge in [0.2, 0.25) is 5.89 Å². The van der Waals surface area contributed by atoms with Gasteiger partial charge in [0.05, 0.1) is 6.20 Å². The lowest BCUT2D eigenvalue weighted by Crippen LogP contribution is -2.41. The molecule has 2 N–H and O–H groups in total. The second-order valence-corrected chi connectivity index (χ2v) is 8.51. The largest absolute Gasteiger partial charge is 0.443 e. The van der Waals surface area contributed by atoms with E-state index >= 15 is 0 Å². The van der Waals surface area contributed by atoms with E-state index < -0.39 is 0 Å². The average Bonchev–Trinajstić information content (AvgIpc) is 3.24. The molecule has 0 aliphatic heterocycles. The van der Waals surface area contributed by atoms with Crippen LogP contribution in [0.3, 0.4) is 0 Å². The van der Waals surface area contributed by atoms with Gasteiger partial charge in [0.1, 0.15) is 12.3 Å². The third kappa shape index (κ3) is 4.71. The molecule has 0 spiro atoms. The molecule has 1 aromatic heterocycles. The number of nitrogens with zero attached hydrogens (tertiary/aromatic N) is 2. The van der Waals surface area contributed by atoms with Crippen molar-refractivity contribution in [2.45, 2.75) is 64.8 Å². The third-order valence-corrected chi connectivity index (χ3v) is 5.17. The molecule has 146 valence electrons. The van der Waals surface area contributed by atoms with Crippen molar-refractivity contribution in [2.75, 3.05) is 13.1 Å². The van der Waals surface area contributed by atoms with Crippen LogP contribution in [-0.4, -0.2) is 24.0 Å². The van der Waals surface area contributed by atoms with E-state index in [9.17, 15) is 0 Å². The van der Waals surface area contributed by atoms with Crippen molar-refractivity contribution in [3.05, 3.63) is 53.2 Å². The first kappa shape index (κ1) is 19.5. The number of oxazole rings is 1. The maximum absolute atomic E-state index is 5.85. The van der Waals surface area contributed by atoms with Crippen LogP contribution in [0.2, 0.25) is 0 Å². The Morgan fingerprint density at radius 1 is 1.22 bits per heavy atom. The third-order valence-electron chi connectivity index (χ3n) is 5.17. The number of rotatable bonds is 6. The van der Waals surface area contributed by atoms with Gasteiger partial charge in [0.25, 0.3) is 0 Å². The summed E-state index contributed by atoms with van der Waals surface area (Å²) in [6.45, 7) is 12.8. The minimum Gasteiger partial charge on any atom is -0.443 e. The first-order valence-corrected chi connectivity index (χ1v) is 9.87. The number of aryl methyl sites for hydroxylation is 1. The van der Waals surface area contributed by atoms with Gasteiger partial charge >= 0.3 is 0 Å². The van der Waals surface area contributed by atoms with E-state index in [4.69, 9.17) is 4.42 Å². The molecule has 0 amide bonds. The lowest BCUT2D eigenvalue weighted by atomic mass is 9.92. The predicted molar refractivity (Wildman–Crippen MR) is 110 cm³/mol. The van der Waals surface area contributed by atoms with Crippen molar-refractivity contribution in [1.82, 2.24) is 15.6 Å². The van der Waals surface area contributed by atoms with Crippen molar-refractivity contribution in [3.8, 4) is 0 Å². The molecule has 0 bridgehead atoms. The van der Waals surface area contributed by atoms with Crippen LogP contribution in [0.1, 0.15) is 63.3 Å². The Balaban J connectivity index is 1.65. The molecule has 1 aromatic carbocycles. The molecule has 0 unspecified atom stereocenters. The van der Waals surface area contributed by atoms with E-state index in [2.05, 4.69) is 79.5 Å². The van der Waals surface area contributed by atoms with Crippen LogP contribution >= 0.6 is 0 Å². The molecule has 0 saturated heterocycles.